The van der Waals surface area contributed by atoms with Crippen LogP contribution in [0.1, 0.15) is 51.4 Å². The second-order valence-electron chi connectivity index (χ2n) is 7.02. The van der Waals surface area contributed by atoms with Gasteiger partial charge in [0.1, 0.15) is 11.6 Å². The van der Waals surface area contributed by atoms with Gasteiger partial charge in [0.05, 0.1) is 23.7 Å². The smallest absolute Gasteiger partial charge is 0.220 e. The van der Waals surface area contributed by atoms with E-state index in [9.17, 15) is 4.79 Å². The maximum absolute atomic E-state index is 12.0. The second-order valence-corrected chi connectivity index (χ2v) is 7.02. The Bertz CT molecular complexity index is 889. The van der Waals surface area contributed by atoms with E-state index in [2.05, 4.69) is 16.0 Å². The summed E-state index contributed by atoms with van der Waals surface area (Å²) in [7, 11) is 0. The Hall–Kier alpha value is -2.82. The van der Waals surface area contributed by atoms with Crippen LogP contribution in [-0.2, 0) is 11.3 Å². The van der Waals surface area contributed by atoms with E-state index >= 15 is 0 Å². The molecule has 5 nitrogen and oxygen atoms in total. The molecule has 1 heterocycles. The molecular formula is C23H29N3O2. The molecule has 0 saturated heterocycles. The zero-order chi connectivity index (χ0) is 19.8. The van der Waals surface area contributed by atoms with Gasteiger partial charge < -0.3 is 14.6 Å². The lowest BCUT2D eigenvalue weighted by Gasteiger charge is -2.16. The fourth-order valence-corrected chi connectivity index (χ4v) is 3.34. The molecule has 0 saturated carbocycles. The van der Waals surface area contributed by atoms with Crippen molar-refractivity contribution in [1.82, 2.24) is 14.9 Å². The molecule has 1 aromatic heterocycles. The fourth-order valence-electron chi connectivity index (χ4n) is 3.34. The van der Waals surface area contributed by atoms with Crippen molar-refractivity contribution in [2.75, 3.05) is 6.61 Å². The number of carbonyl (C=O) groups excluding carboxylic acids is 1. The number of para-hydroxylation sites is 3. The maximum atomic E-state index is 12.0. The zero-order valence-corrected chi connectivity index (χ0v) is 16.7. The molecule has 1 unspecified atom stereocenters. The Morgan fingerprint density at radius 2 is 1.86 bits per heavy atom. The van der Waals surface area contributed by atoms with Crippen LogP contribution in [0.3, 0.4) is 0 Å². The van der Waals surface area contributed by atoms with Crippen LogP contribution in [-0.4, -0.2) is 22.1 Å². The van der Waals surface area contributed by atoms with Gasteiger partial charge in [0.2, 0.25) is 5.91 Å². The highest BCUT2D eigenvalue weighted by molar-refractivity contribution is 5.78. The largest absolute Gasteiger partial charge is 0.494 e. The minimum Gasteiger partial charge on any atom is -0.494 e. The van der Waals surface area contributed by atoms with Crippen LogP contribution in [0.25, 0.3) is 11.0 Å². The van der Waals surface area contributed by atoms with Gasteiger partial charge in [-0.1, -0.05) is 37.3 Å². The average molecular weight is 380 g/mol. The number of ether oxygens (including phenoxy) is 1. The number of nitrogens with zero attached hydrogens (tertiary/aromatic N) is 2. The summed E-state index contributed by atoms with van der Waals surface area (Å²) in [4.78, 5) is 16.8. The molecule has 3 aromatic rings. The first-order valence-electron chi connectivity index (χ1n) is 10.1. The Kier molecular flexibility index (Phi) is 7.06. The van der Waals surface area contributed by atoms with Gasteiger partial charge in [0.25, 0.3) is 0 Å². The van der Waals surface area contributed by atoms with E-state index in [1.165, 1.54) is 0 Å². The normalized spacial score (nSPS) is 12.1. The second kappa shape index (κ2) is 9.93. The summed E-state index contributed by atoms with van der Waals surface area (Å²) in [6, 6.07) is 17.9. The van der Waals surface area contributed by atoms with Crippen molar-refractivity contribution in [2.24, 2.45) is 0 Å². The summed E-state index contributed by atoms with van der Waals surface area (Å²) >= 11 is 0. The summed E-state index contributed by atoms with van der Waals surface area (Å²) in [5.41, 5.74) is 2.08. The summed E-state index contributed by atoms with van der Waals surface area (Å²) in [5, 5.41) is 3.07. The van der Waals surface area contributed by atoms with Crippen molar-refractivity contribution >= 4 is 16.9 Å². The van der Waals surface area contributed by atoms with E-state index < -0.39 is 0 Å². The van der Waals surface area contributed by atoms with E-state index in [0.29, 0.717) is 13.0 Å². The van der Waals surface area contributed by atoms with Gasteiger partial charge in [-0.3, -0.25) is 4.79 Å². The molecule has 3 rings (SSSR count). The van der Waals surface area contributed by atoms with E-state index in [1.54, 1.807) is 0 Å². The van der Waals surface area contributed by atoms with E-state index in [1.807, 2.05) is 62.4 Å². The first-order chi connectivity index (χ1) is 13.7. The van der Waals surface area contributed by atoms with Crippen LogP contribution in [0.4, 0.5) is 0 Å². The Balaban J connectivity index is 1.64. The van der Waals surface area contributed by atoms with Crippen molar-refractivity contribution < 1.29 is 9.53 Å². The molecule has 1 N–H and O–H groups in total. The zero-order valence-electron chi connectivity index (χ0n) is 16.7. The van der Waals surface area contributed by atoms with Crippen molar-refractivity contribution in [1.29, 1.82) is 0 Å². The quantitative estimate of drug-likeness (QED) is 0.511. The van der Waals surface area contributed by atoms with Gasteiger partial charge in [-0.15, -0.1) is 0 Å². The predicted octanol–water partition coefficient (Wildman–Crippen LogP) is 4.87. The third-order valence-corrected chi connectivity index (χ3v) is 4.71. The van der Waals surface area contributed by atoms with E-state index in [4.69, 9.17) is 9.72 Å². The van der Waals surface area contributed by atoms with Gasteiger partial charge >= 0.3 is 0 Å². The highest BCUT2D eigenvalue weighted by Crippen LogP contribution is 2.22. The summed E-state index contributed by atoms with van der Waals surface area (Å²) in [6.45, 7) is 5.55. The molecule has 0 fully saturated rings. The van der Waals surface area contributed by atoms with Crippen molar-refractivity contribution in [3.8, 4) is 5.75 Å². The highest BCUT2D eigenvalue weighted by atomic mass is 16.5. The number of unbranched alkanes of at least 4 members (excludes halogenated alkanes) is 1. The predicted molar refractivity (Wildman–Crippen MR) is 112 cm³/mol. The van der Waals surface area contributed by atoms with Crippen LogP contribution in [0, 0.1) is 0 Å². The van der Waals surface area contributed by atoms with Crippen LogP contribution in [0.2, 0.25) is 0 Å². The third-order valence-electron chi connectivity index (χ3n) is 4.71. The standard InChI is InChI=1S/C23H29N3O2/c1-3-11-22(27)24-18(2)23-25-20-14-7-8-15-21(20)26(23)16-9-10-17-28-19-12-5-4-6-13-19/h4-8,12-15,18H,3,9-11,16-17H2,1-2H3,(H,24,27). The molecule has 1 atom stereocenters. The molecule has 0 radical (unpaired) electrons. The minimum atomic E-state index is -0.119. The number of nitrogens with one attached hydrogen (secondary N) is 1. The number of hydrogen-bond donors (Lipinski definition) is 1. The van der Waals surface area contributed by atoms with Crippen molar-refractivity contribution in [3.63, 3.8) is 0 Å². The molecule has 1 amide bonds. The average Bonchev–Trinajstić information content (AvgIpc) is 3.07. The first kappa shape index (κ1) is 19.9. The molecule has 0 aliphatic rings. The van der Waals surface area contributed by atoms with Crippen LogP contribution in [0.5, 0.6) is 5.75 Å². The summed E-state index contributed by atoms with van der Waals surface area (Å²) < 4.78 is 8.02. The molecule has 28 heavy (non-hydrogen) atoms. The number of carbonyl (C=O) groups is 1. The monoisotopic (exact) mass is 379 g/mol. The van der Waals surface area contributed by atoms with Gasteiger partial charge in [0.15, 0.2) is 0 Å². The van der Waals surface area contributed by atoms with Crippen LogP contribution in [0.15, 0.2) is 54.6 Å². The first-order valence-corrected chi connectivity index (χ1v) is 10.1. The number of amides is 1. The van der Waals surface area contributed by atoms with Gasteiger partial charge in [-0.05, 0) is 50.5 Å². The molecule has 0 spiro atoms. The van der Waals surface area contributed by atoms with Crippen LogP contribution < -0.4 is 10.1 Å². The number of rotatable bonds is 10. The topological polar surface area (TPSA) is 56.2 Å². The lowest BCUT2D eigenvalue weighted by Crippen LogP contribution is -2.28. The van der Waals surface area contributed by atoms with Gasteiger partial charge in [0, 0.05) is 13.0 Å². The lowest BCUT2D eigenvalue weighted by molar-refractivity contribution is -0.121. The van der Waals surface area contributed by atoms with E-state index in [0.717, 1.165) is 48.4 Å². The Morgan fingerprint density at radius 1 is 1.11 bits per heavy atom. The van der Waals surface area contributed by atoms with Gasteiger partial charge in [-0.25, -0.2) is 4.98 Å². The molecule has 5 heteroatoms. The number of aromatic nitrogens is 2. The Labute approximate surface area is 166 Å². The number of aryl methyl sites for hydroxylation is 1. The van der Waals surface area contributed by atoms with Crippen molar-refractivity contribution in [3.05, 3.63) is 60.4 Å². The van der Waals surface area contributed by atoms with Crippen LogP contribution >= 0.6 is 0 Å². The SMILES string of the molecule is CCCC(=O)NC(C)c1nc2ccccc2n1CCCCOc1ccccc1. The number of benzene rings is 2. The Morgan fingerprint density at radius 3 is 2.64 bits per heavy atom. The number of hydrogen-bond acceptors (Lipinski definition) is 3. The van der Waals surface area contributed by atoms with Crippen molar-refractivity contribution in [2.45, 2.75) is 52.1 Å². The molecular weight excluding hydrogens is 350 g/mol. The number of fused-ring (bicyclic) bond motifs is 1. The maximum Gasteiger partial charge on any atom is 0.220 e. The molecule has 0 bridgehead atoms. The highest BCUT2D eigenvalue weighted by Gasteiger charge is 2.17. The lowest BCUT2D eigenvalue weighted by atomic mass is 10.2. The fraction of sp³-hybridized carbons (Fsp3) is 0.391. The van der Waals surface area contributed by atoms with E-state index in [-0.39, 0.29) is 11.9 Å². The summed E-state index contributed by atoms with van der Waals surface area (Å²) in [6.07, 6.45) is 3.32. The van der Waals surface area contributed by atoms with Gasteiger partial charge in [-0.2, -0.15) is 0 Å². The number of imidazole rings is 1. The third kappa shape index (κ3) is 5.12. The molecule has 148 valence electrons. The molecule has 2 aromatic carbocycles. The summed E-state index contributed by atoms with van der Waals surface area (Å²) in [5.74, 6) is 1.89. The molecule has 0 aliphatic heterocycles. The molecule has 0 aliphatic carbocycles. The minimum absolute atomic E-state index is 0.0740.